The van der Waals surface area contributed by atoms with Crippen LogP contribution in [0, 0.1) is 0 Å². The largest absolute Gasteiger partial charge is 0.504 e. The summed E-state index contributed by atoms with van der Waals surface area (Å²) in [6, 6.07) is 22.2. The molecular weight excluding hydrogens is 292 g/mol. The van der Waals surface area contributed by atoms with Crippen molar-refractivity contribution in [3.8, 4) is 23.0 Å². The number of hydrogen-bond donors (Lipinski definition) is 1. The molecule has 0 aliphatic rings. The Bertz CT molecular complexity index is 798. The number of phenols is 1. The van der Waals surface area contributed by atoms with Gasteiger partial charge in [0.05, 0.1) is 5.56 Å². The topological polar surface area (TPSA) is 55.8 Å². The molecule has 23 heavy (non-hydrogen) atoms. The molecule has 0 aliphatic heterocycles. The Kier molecular flexibility index (Phi) is 4.25. The third-order valence-corrected chi connectivity index (χ3v) is 3.13. The monoisotopic (exact) mass is 306 g/mol. The first-order valence-corrected chi connectivity index (χ1v) is 7.06. The number of phenolic OH excluding ortho intramolecular Hbond substituents is 1. The van der Waals surface area contributed by atoms with Gasteiger partial charge >= 0.3 is 5.97 Å². The van der Waals surface area contributed by atoms with Crippen LogP contribution >= 0.6 is 0 Å². The highest BCUT2D eigenvalue weighted by Gasteiger charge is 2.16. The molecule has 0 saturated heterocycles. The summed E-state index contributed by atoms with van der Waals surface area (Å²) < 4.78 is 11.0. The lowest BCUT2D eigenvalue weighted by Crippen LogP contribution is -2.08. The summed E-state index contributed by atoms with van der Waals surface area (Å²) in [5.74, 6) is 0.165. The van der Waals surface area contributed by atoms with Crippen LogP contribution in [0.5, 0.6) is 23.0 Å². The van der Waals surface area contributed by atoms with Crippen LogP contribution in [0.15, 0.2) is 78.9 Å². The van der Waals surface area contributed by atoms with Crippen LogP contribution < -0.4 is 9.47 Å². The van der Waals surface area contributed by atoms with Crippen LogP contribution in [0.4, 0.5) is 0 Å². The van der Waals surface area contributed by atoms with Crippen molar-refractivity contribution in [1.82, 2.24) is 0 Å². The molecule has 0 aromatic heterocycles. The normalized spacial score (nSPS) is 10.1. The van der Waals surface area contributed by atoms with E-state index >= 15 is 0 Å². The van der Waals surface area contributed by atoms with E-state index in [0.717, 1.165) is 0 Å². The highest BCUT2D eigenvalue weighted by Crippen LogP contribution is 2.39. The maximum absolute atomic E-state index is 12.2. The number of esters is 1. The SMILES string of the molecule is O=C(Oc1cccc(O)c1Oc1ccccc1)c1ccccc1. The maximum atomic E-state index is 12.2. The minimum Gasteiger partial charge on any atom is -0.504 e. The zero-order valence-electron chi connectivity index (χ0n) is 12.2. The van der Waals surface area contributed by atoms with Gasteiger partial charge in [-0.1, -0.05) is 42.5 Å². The van der Waals surface area contributed by atoms with E-state index in [1.165, 1.54) is 6.07 Å². The van der Waals surface area contributed by atoms with Crippen LogP contribution in [0.1, 0.15) is 10.4 Å². The Balaban J connectivity index is 1.88. The van der Waals surface area contributed by atoms with Crippen molar-refractivity contribution in [2.24, 2.45) is 0 Å². The zero-order valence-corrected chi connectivity index (χ0v) is 12.2. The van der Waals surface area contributed by atoms with Gasteiger partial charge in [-0.25, -0.2) is 4.79 Å². The van der Waals surface area contributed by atoms with Crippen LogP contribution in [-0.4, -0.2) is 11.1 Å². The first-order chi connectivity index (χ1) is 11.2. The molecular formula is C19H14O4. The Labute approximate surface area is 133 Å². The van der Waals surface area contributed by atoms with E-state index < -0.39 is 5.97 Å². The fraction of sp³-hybridized carbons (Fsp3) is 0. The fourth-order valence-corrected chi connectivity index (χ4v) is 2.03. The van der Waals surface area contributed by atoms with Crippen molar-refractivity contribution in [3.05, 3.63) is 84.4 Å². The van der Waals surface area contributed by atoms with Crippen molar-refractivity contribution in [3.63, 3.8) is 0 Å². The maximum Gasteiger partial charge on any atom is 0.343 e. The van der Waals surface area contributed by atoms with E-state index in [9.17, 15) is 9.90 Å². The Morgan fingerprint density at radius 2 is 1.43 bits per heavy atom. The summed E-state index contributed by atoms with van der Waals surface area (Å²) in [4.78, 5) is 12.2. The van der Waals surface area contributed by atoms with Gasteiger partial charge < -0.3 is 14.6 Å². The van der Waals surface area contributed by atoms with Crippen molar-refractivity contribution >= 4 is 5.97 Å². The number of benzene rings is 3. The van der Waals surface area contributed by atoms with Crippen LogP contribution in [0.25, 0.3) is 0 Å². The molecule has 3 aromatic carbocycles. The molecule has 0 spiro atoms. The highest BCUT2D eigenvalue weighted by atomic mass is 16.6. The molecule has 114 valence electrons. The molecule has 0 aliphatic carbocycles. The molecule has 0 heterocycles. The predicted octanol–water partition coefficient (Wildman–Crippen LogP) is 4.40. The Morgan fingerprint density at radius 3 is 2.13 bits per heavy atom. The first-order valence-electron chi connectivity index (χ1n) is 7.06. The molecule has 4 nitrogen and oxygen atoms in total. The quantitative estimate of drug-likeness (QED) is 0.573. The Morgan fingerprint density at radius 1 is 0.783 bits per heavy atom. The summed E-state index contributed by atoms with van der Waals surface area (Å²) in [6.07, 6.45) is 0. The minimum atomic E-state index is -0.519. The van der Waals surface area contributed by atoms with Gasteiger partial charge in [0.25, 0.3) is 0 Å². The van der Waals surface area contributed by atoms with E-state index in [4.69, 9.17) is 9.47 Å². The van der Waals surface area contributed by atoms with Gasteiger partial charge in [0.2, 0.25) is 5.75 Å². The third-order valence-electron chi connectivity index (χ3n) is 3.13. The molecule has 0 radical (unpaired) electrons. The van der Waals surface area contributed by atoms with Crippen molar-refractivity contribution in [2.45, 2.75) is 0 Å². The molecule has 1 N–H and O–H groups in total. The summed E-state index contributed by atoms with van der Waals surface area (Å²) in [5.41, 5.74) is 0.418. The number of ether oxygens (including phenoxy) is 2. The number of aromatic hydroxyl groups is 1. The molecule has 0 atom stereocenters. The second-order valence-corrected chi connectivity index (χ2v) is 4.78. The summed E-state index contributed by atoms with van der Waals surface area (Å²) in [6.45, 7) is 0. The average molecular weight is 306 g/mol. The molecule has 0 fully saturated rings. The number of carbonyl (C=O) groups excluding carboxylic acids is 1. The summed E-state index contributed by atoms with van der Waals surface area (Å²) >= 11 is 0. The first kappa shape index (κ1) is 14.7. The van der Waals surface area contributed by atoms with Gasteiger partial charge in [0.1, 0.15) is 5.75 Å². The molecule has 0 saturated carbocycles. The van der Waals surface area contributed by atoms with E-state index in [1.54, 1.807) is 48.5 Å². The van der Waals surface area contributed by atoms with Gasteiger partial charge in [-0.3, -0.25) is 0 Å². The molecule has 0 amide bonds. The van der Waals surface area contributed by atoms with Gasteiger partial charge in [0.15, 0.2) is 11.5 Å². The second kappa shape index (κ2) is 6.66. The lowest BCUT2D eigenvalue weighted by molar-refractivity contribution is 0.0730. The molecule has 0 unspecified atom stereocenters. The van der Waals surface area contributed by atoms with Crippen LogP contribution in [0.2, 0.25) is 0 Å². The zero-order chi connectivity index (χ0) is 16.1. The standard InChI is InChI=1S/C19H14O4/c20-16-12-7-13-17(18(16)22-15-10-5-2-6-11-15)23-19(21)14-8-3-1-4-9-14/h1-13,20H. The van der Waals surface area contributed by atoms with Gasteiger partial charge in [0, 0.05) is 0 Å². The average Bonchev–Trinajstić information content (AvgIpc) is 2.59. The summed E-state index contributed by atoms with van der Waals surface area (Å²) in [7, 11) is 0. The molecule has 3 aromatic rings. The van der Waals surface area contributed by atoms with Crippen LogP contribution in [0.3, 0.4) is 0 Å². The van der Waals surface area contributed by atoms with Gasteiger partial charge in [-0.05, 0) is 36.4 Å². The van der Waals surface area contributed by atoms with E-state index in [0.29, 0.717) is 11.3 Å². The minimum absolute atomic E-state index is 0.1000. The Hall–Kier alpha value is -3.27. The lowest BCUT2D eigenvalue weighted by atomic mass is 10.2. The van der Waals surface area contributed by atoms with Crippen LogP contribution in [-0.2, 0) is 0 Å². The number of hydrogen-bond acceptors (Lipinski definition) is 4. The second-order valence-electron chi connectivity index (χ2n) is 4.78. The number of para-hydroxylation sites is 2. The predicted molar refractivity (Wildman–Crippen MR) is 86.0 cm³/mol. The number of rotatable bonds is 4. The van der Waals surface area contributed by atoms with E-state index in [-0.39, 0.29) is 17.2 Å². The van der Waals surface area contributed by atoms with Gasteiger partial charge in [-0.2, -0.15) is 0 Å². The fourth-order valence-electron chi connectivity index (χ4n) is 2.03. The molecule has 3 rings (SSSR count). The van der Waals surface area contributed by atoms with Crippen molar-refractivity contribution < 1.29 is 19.4 Å². The lowest BCUT2D eigenvalue weighted by Gasteiger charge is -2.12. The van der Waals surface area contributed by atoms with E-state index in [2.05, 4.69) is 0 Å². The van der Waals surface area contributed by atoms with Crippen molar-refractivity contribution in [1.29, 1.82) is 0 Å². The highest BCUT2D eigenvalue weighted by molar-refractivity contribution is 5.91. The smallest absolute Gasteiger partial charge is 0.343 e. The van der Waals surface area contributed by atoms with E-state index in [1.807, 2.05) is 24.3 Å². The number of carbonyl (C=O) groups is 1. The van der Waals surface area contributed by atoms with Gasteiger partial charge in [-0.15, -0.1) is 0 Å². The van der Waals surface area contributed by atoms with Crippen molar-refractivity contribution in [2.75, 3.05) is 0 Å². The summed E-state index contributed by atoms with van der Waals surface area (Å²) in [5, 5.41) is 10.0. The third kappa shape index (κ3) is 3.49. The molecule has 0 bridgehead atoms. The molecule has 4 heteroatoms.